The summed E-state index contributed by atoms with van der Waals surface area (Å²) in [5.41, 5.74) is 16.7. The third-order valence-corrected chi connectivity index (χ3v) is 13.4. The minimum absolute atomic E-state index is 0.858. The largest absolute Gasteiger partial charge is 0.454 e. The van der Waals surface area contributed by atoms with Crippen molar-refractivity contribution in [1.29, 1.82) is 0 Å². The van der Waals surface area contributed by atoms with Gasteiger partial charge in [0.15, 0.2) is 5.58 Å². The van der Waals surface area contributed by atoms with E-state index in [9.17, 15) is 0 Å². The maximum absolute atomic E-state index is 7.13. The molecule has 0 aliphatic heterocycles. The summed E-state index contributed by atoms with van der Waals surface area (Å²) >= 11 is 0. The third-order valence-electron chi connectivity index (χ3n) is 13.4. The number of para-hydroxylation sites is 6. The summed E-state index contributed by atoms with van der Waals surface area (Å²) in [6.07, 6.45) is 0. The van der Waals surface area contributed by atoms with E-state index in [1.165, 1.54) is 54.4 Å². The molecule has 4 heteroatoms. The van der Waals surface area contributed by atoms with Crippen molar-refractivity contribution in [2.24, 2.45) is 0 Å². The van der Waals surface area contributed by atoms with Crippen molar-refractivity contribution in [2.75, 3.05) is 0 Å². The molecule has 0 amide bonds. The van der Waals surface area contributed by atoms with Crippen molar-refractivity contribution in [3.05, 3.63) is 224 Å². The van der Waals surface area contributed by atoms with Crippen molar-refractivity contribution in [3.8, 4) is 39.3 Å². The summed E-state index contributed by atoms with van der Waals surface area (Å²) < 4.78 is 14.3. The summed E-state index contributed by atoms with van der Waals surface area (Å²) in [7, 11) is 0. The Bertz CT molecular complexity index is 4130. The molecule has 0 atom stereocenters. The van der Waals surface area contributed by atoms with Gasteiger partial charge in [0.05, 0.1) is 38.8 Å². The second kappa shape index (κ2) is 13.4. The predicted molar refractivity (Wildman–Crippen MR) is 268 cm³/mol. The standard InChI is InChI=1S/C60H37N3O/c1-3-15-41(16-4-1)61-51-23-11-9-21-46(51)48-35-38(27-31-55(48)61)39-29-34-58-50(36-39)59-43(30-33-57(60(59)64-58)63-53-25-13-7-19-44(53)45-20-8-14-26-54(45)63)40-28-32-56-49(37-40)47-22-10-12-24-52(47)62(56)42-17-5-2-6-18-42/h1-37H. The Labute approximate surface area is 367 Å². The van der Waals surface area contributed by atoms with Gasteiger partial charge in [-0.1, -0.05) is 133 Å². The zero-order valence-corrected chi connectivity index (χ0v) is 34.6. The lowest BCUT2D eigenvalue weighted by atomic mass is 9.95. The van der Waals surface area contributed by atoms with Crippen molar-refractivity contribution in [1.82, 2.24) is 13.7 Å². The Morgan fingerprint density at radius 3 is 1.23 bits per heavy atom. The van der Waals surface area contributed by atoms with Gasteiger partial charge in [-0.2, -0.15) is 0 Å². The molecule has 0 spiro atoms. The summed E-state index contributed by atoms with van der Waals surface area (Å²) in [6, 6.07) is 81.4. The molecular weight excluding hydrogens is 779 g/mol. The topological polar surface area (TPSA) is 27.9 Å². The van der Waals surface area contributed by atoms with E-state index in [4.69, 9.17) is 4.42 Å². The summed E-state index contributed by atoms with van der Waals surface area (Å²) in [4.78, 5) is 0. The van der Waals surface area contributed by atoms with Crippen molar-refractivity contribution >= 4 is 87.4 Å². The Hall–Kier alpha value is -8.60. The Kier molecular flexibility index (Phi) is 7.36. The Morgan fingerprint density at radius 1 is 0.281 bits per heavy atom. The molecular formula is C60H37N3O. The van der Waals surface area contributed by atoms with Gasteiger partial charge in [0.25, 0.3) is 0 Å². The Morgan fingerprint density at radius 2 is 0.688 bits per heavy atom. The number of hydrogen-bond acceptors (Lipinski definition) is 1. The van der Waals surface area contributed by atoms with Gasteiger partial charge in [-0.3, -0.25) is 0 Å². The number of rotatable bonds is 5. The molecule has 0 bridgehead atoms. The number of hydrogen-bond donors (Lipinski definition) is 0. The quantitative estimate of drug-likeness (QED) is 0.170. The van der Waals surface area contributed by atoms with Crippen LogP contribution in [-0.4, -0.2) is 13.7 Å². The maximum Gasteiger partial charge on any atom is 0.160 e. The van der Waals surface area contributed by atoms with Gasteiger partial charge in [-0.25, -0.2) is 0 Å². The van der Waals surface area contributed by atoms with Crippen LogP contribution in [0, 0.1) is 0 Å². The van der Waals surface area contributed by atoms with Crippen LogP contribution < -0.4 is 0 Å². The summed E-state index contributed by atoms with van der Waals surface area (Å²) in [5, 5.41) is 9.54. The molecule has 0 saturated carbocycles. The first kappa shape index (κ1) is 35.0. The first-order valence-electron chi connectivity index (χ1n) is 21.9. The van der Waals surface area contributed by atoms with Crippen LogP contribution in [0.5, 0.6) is 0 Å². The minimum Gasteiger partial charge on any atom is -0.454 e. The van der Waals surface area contributed by atoms with E-state index in [0.29, 0.717) is 0 Å². The summed E-state index contributed by atoms with van der Waals surface area (Å²) in [5.74, 6) is 0. The van der Waals surface area contributed by atoms with Gasteiger partial charge in [0.2, 0.25) is 0 Å². The number of benzene rings is 10. The monoisotopic (exact) mass is 815 g/mol. The summed E-state index contributed by atoms with van der Waals surface area (Å²) in [6.45, 7) is 0. The molecule has 0 N–H and O–H groups in total. The first-order chi connectivity index (χ1) is 31.8. The zero-order valence-electron chi connectivity index (χ0n) is 34.6. The van der Waals surface area contributed by atoms with Crippen LogP contribution in [0.1, 0.15) is 0 Å². The molecule has 0 radical (unpaired) electrons. The van der Waals surface area contributed by atoms with E-state index in [1.807, 2.05) is 0 Å². The normalized spacial score (nSPS) is 12.1. The Balaban J connectivity index is 1.03. The molecule has 4 nitrogen and oxygen atoms in total. The van der Waals surface area contributed by atoms with Gasteiger partial charge in [-0.15, -0.1) is 0 Å². The average molecular weight is 816 g/mol. The molecule has 64 heavy (non-hydrogen) atoms. The van der Waals surface area contributed by atoms with E-state index in [1.54, 1.807) is 0 Å². The predicted octanol–water partition coefficient (Wildman–Crippen LogP) is 16.2. The average Bonchev–Trinajstić information content (AvgIpc) is 4.10. The molecule has 298 valence electrons. The molecule has 4 aromatic heterocycles. The molecule has 0 saturated heterocycles. The lowest BCUT2D eigenvalue weighted by molar-refractivity contribution is 0.666. The van der Waals surface area contributed by atoms with Crippen LogP contribution in [0.2, 0.25) is 0 Å². The minimum atomic E-state index is 0.858. The molecule has 0 unspecified atom stereocenters. The van der Waals surface area contributed by atoms with E-state index < -0.39 is 0 Å². The number of nitrogens with zero attached hydrogens (tertiary/aromatic N) is 3. The van der Waals surface area contributed by atoms with E-state index in [0.717, 1.165) is 72.3 Å². The van der Waals surface area contributed by atoms with Gasteiger partial charge in [-0.05, 0) is 113 Å². The highest BCUT2D eigenvalue weighted by Crippen LogP contribution is 2.45. The molecule has 4 heterocycles. The second-order valence-corrected chi connectivity index (χ2v) is 16.9. The second-order valence-electron chi connectivity index (χ2n) is 16.9. The van der Waals surface area contributed by atoms with Crippen LogP contribution in [-0.2, 0) is 0 Å². The van der Waals surface area contributed by atoms with Gasteiger partial charge in [0, 0.05) is 54.5 Å². The number of aromatic nitrogens is 3. The number of fused-ring (bicyclic) bond motifs is 12. The van der Waals surface area contributed by atoms with E-state index in [2.05, 4.69) is 238 Å². The van der Waals surface area contributed by atoms with Crippen molar-refractivity contribution in [3.63, 3.8) is 0 Å². The van der Waals surface area contributed by atoms with Crippen LogP contribution in [0.25, 0.3) is 127 Å². The lowest BCUT2D eigenvalue weighted by Gasteiger charge is -2.12. The third kappa shape index (κ3) is 4.99. The maximum atomic E-state index is 7.13. The van der Waals surface area contributed by atoms with Crippen LogP contribution in [0.4, 0.5) is 0 Å². The van der Waals surface area contributed by atoms with Crippen molar-refractivity contribution < 1.29 is 4.42 Å². The SMILES string of the molecule is c1ccc(-n2c3ccccc3c3cc(-c4ccc5oc6c(-n7c8ccccc8c8ccccc87)ccc(-c7ccc8c(c7)c7ccccc7n8-c7ccccc7)c6c5c4)ccc32)cc1. The van der Waals surface area contributed by atoms with Gasteiger partial charge < -0.3 is 18.1 Å². The van der Waals surface area contributed by atoms with Crippen LogP contribution >= 0.6 is 0 Å². The van der Waals surface area contributed by atoms with E-state index in [-0.39, 0.29) is 0 Å². The lowest BCUT2D eigenvalue weighted by Crippen LogP contribution is -1.95. The highest BCUT2D eigenvalue weighted by atomic mass is 16.3. The van der Waals surface area contributed by atoms with Gasteiger partial charge in [0.1, 0.15) is 5.58 Å². The van der Waals surface area contributed by atoms with Crippen LogP contribution in [0.15, 0.2) is 229 Å². The van der Waals surface area contributed by atoms with Gasteiger partial charge >= 0.3 is 0 Å². The van der Waals surface area contributed by atoms with Crippen LogP contribution in [0.3, 0.4) is 0 Å². The zero-order chi connectivity index (χ0) is 41.9. The molecule has 0 aliphatic carbocycles. The molecule has 14 rings (SSSR count). The van der Waals surface area contributed by atoms with Crippen molar-refractivity contribution in [2.45, 2.75) is 0 Å². The highest BCUT2D eigenvalue weighted by molar-refractivity contribution is 6.19. The van der Waals surface area contributed by atoms with E-state index >= 15 is 0 Å². The fourth-order valence-corrected chi connectivity index (χ4v) is 10.6. The fraction of sp³-hybridized carbons (Fsp3) is 0. The first-order valence-corrected chi connectivity index (χ1v) is 21.9. The molecule has 0 fully saturated rings. The molecule has 10 aromatic carbocycles. The smallest absolute Gasteiger partial charge is 0.160 e. The molecule has 14 aromatic rings. The fourth-order valence-electron chi connectivity index (χ4n) is 10.6. The highest BCUT2D eigenvalue weighted by Gasteiger charge is 2.23. The molecule has 0 aliphatic rings. The number of furan rings is 1.